The first-order valence-electron chi connectivity index (χ1n) is 10.3. The third-order valence-electron chi connectivity index (χ3n) is 6.12. The number of hydrogen-bond acceptors (Lipinski definition) is 7. The van der Waals surface area contributed by atoms with Crippen LogP contribution in [-0.4, -0.2) is 76.0 Å². The maximum absolute atomic E-state index is 9.50. The molecule has 0 bridgehead atoms. The fourth-order valence-corrected chi connectivity index (χ4v) is 4.36. The van der Waals surface area contributed by atoms with Crippen molar-refractivity contribution in [1.82, 2.24) is 25.4 Å². The van der Waals surface area contributed by atoms with Crippen molar-refractivity contribution in [2.45, 2.75) is 25.8 Å². The number of piperidine rings is 1. The second-order valence-electron chi connectivity index (χ2n) is 8.00. The Kier molecular flexibility index (Phi) is 4.84. The SMILES string of the molecule is C[C@@H]1COCCN1c1cc(N2CCC(CO)CC2)c2[nH]nc(-c3ccn[nH]3)c2n1. The number of pyridine rings is 1. The van der Waals surface area contributed by atoms with E-state index in [1.165, 1.54) is 0 Å². The predicted octanol–water partition coefficient (Wildman–Crippen LogP) is 1.78. The van der Waals surface area contributed by atoms with Crippen LogP contribution in [0.15, 0.2) is 18.3 Å². The minimum Gasteiger partial charge on any atom is -0.396 e. The number of aliphatic hydroxyl groups excluding tert-OH is 1. The number of nitrogens with zero attached hydrogens (tertiary/aromatic N) is 5. The molecule has 1 atom stereocenters. The van der Waals surface area contributed by atoms with Crippen LogP contribution in [0.5, 0.6) is 0 Å². The van der Waals surface area contributed by atoms with Gasteiger partial charge in [-0.3, -0.25) is 10.2 Å². The van der Waals surface area contributed by atoms with Crippen LogP contribution in [0.2, 0.25) is 0 Å². The number of morpholine rings is 1. The molecule has 0 unspecified atom stereocenters. The van der Waals surface area contributed by atoms with E-state index in [0.717, 1.165) is 66.4 Å². The summed E-state index contributed by atoms with van der Waals surface area (Å²) in [5, 5.41) is 24.4. The van der Waals surface area contributed by atoms with E-state index >= 15 is 0 Å². The second-order valence-corrected chi connectivity index (χ2v) is 8.00. The van der Waals surface area contributed by atoms with Crippen LogP contribution in [0.1, 0.15) is 19.8 Å². The second kappa shape index (κ2) is 7.64. The van der Waals surface area contributed by atoms with Gasteiger partial charge in [0.15, 0.2) is 0 Å². The molecule has 154 valence electrons. The smallest absolute Gasteiger partial charge is 0.136 e. The van der Waals surface area contributed by atoms with Gasteiger partial charge in [-0.15, -0.1) is 0 Å². The number of ether oxygens (including phenoxy) is 1. The van der Waals surface area contributed by atoms with Crippen molar-refractivity contribution < 1.29 is 9.84 Å². The van der Waals surface area contributed by atoms with E-state index in [9.17, 15) is 5.11 Å². The molecule has 0 aromatic carbocycles. The quantitative estimate of drug-likeness (QED) is 0.616. The molecular weight excluding hydrogens is 370 g/mol. The maximum atomic E-state index is 9.50. The third-order valence-corrected chi connectivity index (χ3v) is 6.12. The molecule has 2 aliphatic rings. The Morgan fingerprint density at radius 1 is 1.24 bits per heavy atom. The molecule has 2 saturated heterocycles. The molecule has 5 rings (SSSR count). The zero-order valence-corrected chi connectivity index (χ0v) is 16.6. The van der Waals surface area contributed by atoms with Gasteiger partial charge in [0.1, 0.15) is 22.5 Å². The fraction of sp³-hybridized carbons (Fsp3) is 0.550. The molecule has 0 saturated carbocycles. The van der Waals surface area contributed by atoms with Gasteiger partial charge in [-0.05, 0) is 31.7 Å². The minimum atomic E-state index is 0.268. The molecule has 5 heterocycles. The molecule has 2 aliphatic heterocycles. The molecule has 3 aromatic rings. The highest BCUT2D eigenvalue weighted by atomic mass is 16.5. The Labute approximate surface area is 169 Å². The molecule has 0 aliphatic carbocycles. The van der Waals surface area contributed by atoms with Gasteiger partial charge in [0.2, 0.25) is 0 Å². The molecule has 9 nitrogen and oxygen atoms in total. The topological polar surface area (TPSA) is 106 Å². The Hall–Kier alpha value is -2.65. The van der Waals surface area contributed by atoms with Gasteiger partial charge in [0, 0.05) is 38.5 Å². The summed E-state index contributed by atoms with van der Waals surface area (Å²) < 4.78 is 5.62. The van der Waals surface area contributed by atoms with Crippen molar-refractivity contribution >= 4 is 22.5 Å². The van der Waals surface area contributed by atoms with Gasteiger partial charge >= 0.3 is 0 Å². The molecule has 0 radical (unpaired) electrons. The summed E-state index contributed by atoms with van der Waals surface area (Å²) in [6.45, 7) is 6.51. The number of aliphatic hydroxyl groups is 1. The molecule has 0 amide bonds. The average molecular weight is 397 g/mol. The lowest BCUT2D eigenvalue weighted by molar-refractivity contribution is 0.0986. The summed E-state index contributed by atoms with van der Waals surface area (Å²) in [4.78, 5) is 9.72. The van der Waals surface area contributed by atoms with Crippen molar-refractivity contribution in [3.8, 4) is 11.4 Å². The van der Waals surface area contributed by atoms with E-state index in [1.54, 1.807) is 6.20 Å². The Morgan fingerprint density at radius 3 is 2.83 bits per heavy atom. The molecule has 9 heteroatoms. The third kappa shape index (κ3) is 3.34. The van der Waals surface area contributed by atoms with Crippen LogP contribution < -0.4 is 9.80 Å². The van der Waals surface area contributed by atoms with Crippen molar-refractivity contribution in [1.29, 1.82) is 0 Å². The number of aromatic nitrogens is 5. The number of aromatic amines is 2. The zero-order valence-electron chi connectivity index (χ0n) is 16.6. The predicted molar refractivity (Wildman–Crippen MR) is 111 cm³/mol. The number of anilines is 2. The molecular formula is C20H27N7O2. The van der Waals surface area contributed by atoms with Gasteiger partial charge in [0.25, 0.3) is 0 Å². The first-order valence-corrected chi connectivity index (χ1v) is 10.3. The van der Waals surface area contributed by atoms with Gasteiger partial charge in [-0.2, -0.15) is 10.2 Å². The summed E-state index contributed by atoms with van der Waals surface area (Å²) in [6, 6.07) is 4.36. The van der Waals surface area contributed by atoms with E-state index in [4.69, 9.17) is 9.72 Å². The van der Waals surface area contributed by atoms with Crippen molar-refractivity contribution in [2.75, 3.05) is 49.3 Å². The highest BCUT2D eigenvalue weighted by molar-refractivity contribution is 5.98. The van der Waals surface area contributed by atoms with Crippen LogP contribution >= 0.6 is 0 Å². The first kappa shape index (κ1) is 18.4. The zero-order chi connectivity index (χ0) is 19.8. The maximum Gasteiger partial charge on any atom is 0.136 e. The number of nitrogens with one attached hydrogen (secondary N) is 2. The average Bonchev–Trinajstić information content (AvgIpc) is 3.43. The van der Waals surface area contributed by atoms with Crippen LogP contribution in [-0.2, 0) is 4.74 Å². The number of hydrogen-bond donors (Lipinski definition) is 3. The summed E-state index contributed by atoms with van der Waals surface area (Å²) in [6.07, 6.45) is 3.71. The highest BCUT2D eigenvalue weighted by Crippen LogP contribution is 2.36. The van der Waals surface area contributed by atoms with E-state index in [2.05, 4.69) is 43.2 Å². The Morgan fingerprint density at radius 2 is 2.10 bits per heavy atom. The lowest BCUT2D eigenvalue weighted by Crippen LogP contribution is -2.44. The van der Waals surface area contributed by atoms with E-state index in [0.29, 0.717) is 19.1 Å². The Bertz CT molecular complexity index is 963. The standard InChI is InChI=1S/C20H27N7O2/c1-13-12-29-9-8-27(13)17-10-16(26-6-3-14(11-28)4-7-26)19-20(22-17)18(24-25-19)15-2-5-21-23-15/h2,5,10,13-14,28H,3-4,6-9,11-12H2,1H3,(H,21,23)(H,24,25)/t13-/m1/s1. The van der Waals surface area contributed by atoms with E-state index in [-0.39, 0.29) is 12.6 Å². The van der Waals surface area contributed by atoms with Crippen LogP contribution in [0, 0.1) is 5.92 Å². The van der Waals surface area contributed by atoms with E-state index in [1.807, 2.05) is 6.07 Å². The van der Waals surface area contributed by atoms with Gasteiger partial charge < -0.3 is 19.6 Å². The molecule has 2 fully saturated rings. The highest BCUT2D eigenvalue weighted by Gasteiger charge is 2.27. The lowest BCUT2D eigenvalue weighted by atomic mass is 9.97. The number of rotatable bonds is 4. The van der Waals surface area contributed by atoms with Crippen molar-refractivity contribution in [2.24, 2.45) is 5.92 Å². The molecule has 3 N–H and O–H groups in total. The monoisotopic (exact) mass is 397 g/mol. The summed E-state index contributed by atoms with van der Waals surface area (Å²) in [7, 11) is 0. The Balaban J connectivity index is 1.61. The van der Waals surface area contributed by atoms with Gasteiger partial charge in [0.05, 0.1) is 30.6 Å². The summed E-state index contributed by atoms with van der Waals surface area (Å²) in [5.41, 5.74) is 4.55. The van der Waals surface area contributed by atoms with Gasteiger partial charge in [-0.1, -0.05) is 0 Å². The van der Waals surface area contributed by atoms with Crippen molar-refractivity contribution in [3.63, 3.8) is 0 Å². The van der Waals surface area contributed by atoms with Crippen LogP contribution in [0.25, 0.3) is 22.4 Å². The van der Waals surface area contributed by atoms with Crippen molar-refractivity contribution in [3.05, 3.63) is 18.3 Å². The van der Waals surface area contributed by atoms with E-state index < -0.39 is 0 Å². The normalized spacial score (nSPS) is 21.2. The lowest BCUT2D eigenvalue weighted by Gasteiger charge is -2.36. The summed E-state index contributed by atoms with van der Waals surface area (Å²) >= 11 is 0. The van der Waals surface area contributed by atoms with Crippen LogP contribution in [0.4, 0.5) is 11.5 Å². The minimum absolute atomic E-state index is 0.268. The molecule has 3 aromatic heterocycles. The molecule has 0 spiro atoms. The van der Waals surface area contributed by atoms with Crippen LogP contribution in [0.3, 0.4) is 0 Å². The molecule has 29 heavy (non-hydrogen) atoms. The largest absolute Gasteiger partial charge is 0.396 e. The first-order chi connectivity index (χ1) is 14.2. The number of H-pyrrole nitrogens is 2. The van der Waals surface area contributed by atoms with Gasteiger partial charge in [-0.25, -0.2) is 4.98 Å². The fourth-order valence-electron chi connectivity index (χ4n) is 4.36. The summed E-state index contributed by atoms with van der Waals surface area (Å²) in [5.74, 6) is 1.35. The number of fused-ring (bicyclic) bond motifs is 1.